The summed E-state index contributed by atoms with van der Waals surface area (Å²) in [6.45, 7) is 6.58. The maximum Gasteiger partial charge on any atom is 0.306 e. The Morgan fingerprint density at radius 2 is 0.621 bits per heavy atom. The summed E-state index contributed by atoms with van der Waals surface area (Å²) in [6, 6.07) is 0. The number of rotatable bonds is 45. The molecule has 0 aliphatic heterocycles. The van der Waals surface area contributed by atoms with E-state index in [1.807, 2.05) is 0 Å². The second-order valence-corrected chi connectivity index (χ2v) is 16.7. The average molecular weight is 815 g/mol. The molecule has 0 aromatic carbocycles. The molecule has 0 unspecified atom stereocenters. The van der Waals surface area contributed by atoms with Gasteiger partial charge in [0.1, 0.15) is 13.2 Å². The highest BCUT2D eigenvalue weighted by molar-refractivity contribution is 5.71. The summed E-state index contributed by atoms with van der Waals surface area (Å²) >= 11 is 0. The van der Waals surface area contributed by atoms with Gasteiger partial charge in [-0.15, -0.1) is 0 Å². The summed E-state index contributed by atoms with van der Waals surface area (Å²) in [6.07, 6.45) is 54.0. The molecule has 0 aliphatic carbocycles. The standard InChI is InChI=1S/C52H94O6/c1-4-7-10-13-16-19-22-25-26-28-31-34-37-40-43-46-52(55)58-49(47-56-50(53)44-41-38-35-32-29-24-21-18-15-12-9-6-3)48-57-51(54)45-42-39-36-33-30-27-23-20-17-14-11-8-5-2/h16,19-20,23,25-26,49H,4-15,17-18,21-22,24,27-48H2,1-3H3/b19-16-,23-20-,26-25-/t49-/m0/s1. The summed E-state index contributed by atoms with van der Waals surface area (Å²) in [5, 5.41) is 0. The van der Waals surface area contributed by atoms with Crippen molar-refractivity contribution in [2.75, 3.05) is 13.2 Å². The highest BCUT2D eigenvalue weighted by Crippen LogP contribution is 2.15. The van der Waals surface area contributed by atoms with Crippen molar-refractivity contribution in [3.63, 3.8) is 0 Å². The van der Waals surface area contributed by atoms with Crippen molar-refractivity contribution in [1.29, 1.82) is 0 Å². The van der Waals surface area contributed by atoms with Crippen LogP contribution >= 0.6 is 0 Å². The summed E-state index contributed by atoms with van der Waals surface area (Å²) in [7, 11) is 0. The van der Waals surface area contributed by atoms with Gasteiger partial charge in [-0.05, 0) is 77.0 Å². The molecule has 6 nitrogen and oxygen atoms in total. The lowest BCUT2D eigenvalue weighted by atomic mass is 10.0. The van der Waals surface area contributed by atoms with E-state index < -0.39 is 6.10 Å². The van der Waals surface area contributed by atoms with Gasteiger partial charge in [-0.25, -0.2) is 0 Å². The number of esters is 3. The van der Waals surface area contributed by atoms with Gasteiger partial charge in [0.15, 0.2) is 6.10 Å². The molecule has 0 rings (SSSR count). The largest absolute Gasteiger partial charge is 0.462 e. The maximum atomic E-state index is 12.8. The van der Waals surface area contributed by atoms with Crippen molar-refractivity contribution >= 4 is 17.9 Å². The Hall–Kier alpha value is -2.37. The molecule has 0 aliphatic rings. The molecule has 0 aromatic heterocycles. The van der Waals surface area contributed by atoms with Gasteiger partial charge in [-0.3, -0.25) is 14.4 Å². The molecule has 0 bridgehead atoms. The third-order valence-electron chi connectivity index (χ3n) is 10.9. The van der Waals surface area contributed by atoms with Crippen LogP contribution in [0.25, 0.3) is 0 Å². The lowest BCUT2D eigenvalue weighted by molar-refractivity contribution is -0.167. The van der Waals surface area contributed by atoms with Gasteiger partial charge in [0.25, 0.3) is 0 Å². The van der Waals surface area contributed by atoms with Crippen molar-refractivity contribution in [2.45, 2.75) is 264 Å². The summed E-state index contributed by atoms with van der Waals surface area (Å²) in [5.41, 5.74) is 0. The zero-order valence-electron chi connectivity index (χ0n) is 38.6. The van der Waals surface area contributed by atoms with E-state index in [1.54, 1.807) is 0 Å². The first-order valence-electron chi connectivity index (χ1n) is 25.0. The topological polar surface area (TPSA) is 78.9 Å². The summed E-state index contributed by atoms with van der Waals surface area (Å²) in [5.74, 6) is -0.894. The van der Waals surface area contributed by atoms with Gasteiger partial charge in [0, 0.05) is 19.3 Å². The van der Waals surface area contributed by atoms with Crippen LogP contribution in [0.3, 0.4) is 0 Å². The molecule has 0 amide bonds. The molecule has 1 atom stereocenters. The normalized spacial score (nSPS) is 12.3. The molecule has 0 saturated heterocycles. The van der Waals surface area contributed by atoms with Gasteiger partial charge in [-0.1, -0.05) is 198 Å². The van der Waals surface area contributed by atoms with Crippen molar-refractivity contribution in [1.82, 2.24) is 0 Å². The number of carbonyl (C=O) groups is 3. The Kier molecular flexibility index (Phi) is 45.4. The SMILES string of the molecule is CCCCC/C=C\C/C=C\CCCCCCCC(=O)O[C@H](COC(=O)CCCCCCC/C=C\CCCCCC)COC(=O)CCCCCCCCCCCCCC. The third-order valence-corrected chi connectivity index (χ3v) is 10.9. The molecule has 0 aromatic rings. The number of unbranched alkanes of at least 4 members (excludes halogenated alkanes) is 28. The van der Waals surface area contributed by atoms with Crippen LogP contribution in [0, 0.1) is 0 Å². The Morgan fingerprint density at radius 3 is 1.02 bits per heavy atom. The molecule has 0 spiro atoms. The second kappa shape index (κ2) is 47.3. The fourth-order valence-electron chi connectivity index (χ4n) is 7.05. The van der Waals surface area contributed by atoms with E-state index in [0.29, 0.717) is 19.3 Å². The summed E-state index contributed by atoms with van der Waals surface area (Å²) in [4.78, 5) is 37.9. The minimum Gasteiger partial charge on any atom is -0.462 e. The number of carbonyl (C=O) groups excluding carboxylic acids is 3. The monoisotopic (exact) mass is 815 g/mol. The minimum absolute atomic E-state index is 0.0779. The molecular weight excluding hydrogens is 721 g/mol. The van der Waals surface area contributed by atoms with E-state index in [1.165, 1.54) is 128 Å². The second-order valence-electron chi connectivity index (χ2n) is 16.7. The molecule has 0 radical (unpaired) electrons. The van der Waals surface area contributed by atoms with Gasteiger partial charge in [0.05, 0.1) is 0 Å². The van der Waals surface area contributed by atoms with E-state index in [2.05, 4.69) is 57.2 Å². The zero-order valence-corrected chi connectivity index (χ0v) is 38.6. The molecule has 0 heterocycles. The first kappa shape index (κ1) is 55.6. The number of allylic oxidation sites excluding steroid dienone is 6. The lowest BCUT2D eigenvalue weighted by Gasteiger charge is -2.18. The predicted molar refractivity (Wildman–Crippen MR) is 247 cm³/mol. The highest BCUT2D eigenvalue weighted by atomic mass is 16.6. The first-order chi connectivity index (χ1) is 28.5. The summed E-state index contributed by atoms with van der Waals surface area (Å²) < 4.78 is 16.8. The van der Waals surface area contributed by atoms with E-state index in [0.717, 1.165) is 89.9 Å². The van der Waals surface area contributed by atoms with Crippen LogP contribution in [0.2, 0.25) is 0 Å². The average Bonchev–Trinajstić information content (AvgIpc) is 3.22. The van der Waals surface area contributed by atoms with Crippen molar-refractivity contribution < 1.29 is 28.6 Å². The van der Waals surface area contributed by atoms with E-state index >= 15 is 0 Å². The number of ether oxygens (including phenoxy) is 3. The highest BCUT2D eigenvalue weighted by Gasteiger charge is 2.19. The van der Waals surface area contributed by atoms with Crippen molar-refractivity contribution in [3.05, 3.63) is 36.5 Å². The van der Waals surface area contributed by atoms with Crippen molar-refractivity contribution in [2.24, 2.45) is 0 Å². The van der Waals surface area contributed by atoms with Gasteiger partial charge >= 0.3 is 17.9 Å². The Balaban J connectivity index is 4.40. The van der Waals surface area contributed by atoms with Crippen LogP contribution in [0.5, 0.6) is 0 Å². The predicted octanol–water partition coefficient (Wildman–Crippen LogP) is 16.1. The van der Waals surface area contributed by atoms with Gasteiger partial charge in [-0.2, -0.15) is 0 Å². The molecule has 338 valence electrons. The number of hydrogen-bond acceptors (Lipinski definition) is 6. The van der Waals surface area contributed by atoms with E-state index in [9.17, 15) is 14.4 Å². The lowest BCUT2D eigenvalue weighted by Crippen LogP contribution is -2.30. The van der Waals surface area contributed by atoms with Crippen LogP contribution in [0.15, 0.2) is 36.5 Å². The Bertz CT molecular complexity index is 984. The van der Waals surface area contributed by atoms with Crippen LogP contribution in [0.1, 0.15) is 258 Å². The third kappa shape index (κ3) is 44.7. The zero-order chi connectivity index (χ0) is 42.3. The Morgan fingerprint density at radius 1 is 0.345 bits per heavy atom. The van der Waals surface area contributed by atoms with Crippen LogP contribution in [-0.2, 0) is 28.6 Å². The van der Waals surface area contributed by atoms with Crippen LogP contribution < -0.4 is 0 Å². The Labute approximate surface area is 359 Å². The number of hydrogen-bond donors (Lipinski definition) is 0. The maximum absolute atomic E-state index is 12.8. The molecular formula is C52H94O6. The van der Waals surface area contributed by atoms with Crippen molar-refractivity contribution in [3.8, 4) is 0 Å². The fraction of sp³-hybridized carbons (Fsp3) is 0.827. The first-order valence-corrected chi connectivity index (χ1v) is 25.0. The van der Waals surface area contributed by atoms with E-state index in [4.69, 9.17) is 14.2 Å². The van der Waals surface area contributed by atoms with E-state index in [-0.39, 0.29) is 31.1 Å². The van der Waals surface area contributed by atoms with Gasteiger partial charge in [0.2, 0.25) is 0 Å². The molecule has 58 heavy (non-hydrogen) atoms. The fourth-order valence-corrected chi connectivity index (χ4v) is 7.05. The smallest absolute Gasteiger partial charge is 0.306 e. The van der Waals surface area contributed by atoms with Gasteiger partial charge < -0.3 is 14.2 Å². The molecule has 6 heteroatoms. The molecule has 0 fully saturated rings. The molecule has 0 N–H and O–H groups in total. The minimum atomic E-state index is -0.778. The van der Waals surface area contributed by atoms with Crippen LogP contribution in [-0.4, -0.2) is 37.2 Å². The quantitative estimate of drug-likeness (QED) is 0.0264. The van der Waals surface area contributed by atoms with Crippen LogP contribution in [0.4, 0.5) is 0 Å². The molecule has 0 saturated carbocycles.